The van der Waals surface area contributed by atoms with Crippen molar-refractivity contribution in [3.8, 4) is 0 Å². The highest BCUT2D eigenvalue weighted by Crippen LogP contribution is 2.26. The number of nitrogen functional groups attached to an aromatic ring is 1. The topological polar surface area (TPSA) is 85.3 Å². The molecular weight excluding hydrogens is 208 g/mol. The summed E-state index contributed by atoms with van der Waals surface area (Å²) in [5.74, 6) is 1.35. The lowest BCUT2D eigenvalue weighted by Gasteiger charge is -2.16. The van der Waals surface area contributed by atoms with Crippen molar-refractivity contribution in [2.45, 2.75) is 13.3 Å². The van der Waals surface area contributed by atoms with Crippen LogP contribution in [0.15, 0.2) is 12.1 Å². The first-order valence-corrected chi connectivity index (χ1v) is 5.24. The molecule has 2 rings (SSSR count). The molecule has 16 heavy (non-hydrogen) atoms. The monoisotopic (exact) mass is 222 g/mol. The van der Waals surface area contributed by atoms with E-state index in [9.17, 15) is 10.1 Å². The van der Waals surface area contributed by atoms with Gasteiger partial charge in [-0.05, 0) is 18.4 Å². The quantitative estimate of drug-likeness (QED) is 0.604. The highest BCUT2D eigenvalue weighted by Gasteiger charge is 2.21. The second-order valence-corrected chi connectivity index (χ2v) is 4.17. The number of hydrogen-bond donors (Lipinski definition) is 1. The minimum Gasteiger partial charge on any atom is -0.378 e. The molecule has 0 amide bonds. The van der Waals surface area contributed by atoms with Gasteiger partial charge >= 0.3 is 5.69 Å². The molecule has 1 saturated heterocycles. The van der Waals surface area contributed by atoms with E-state index < -0.39 is 4.92 Å². The van der Waals surface area contributed by atoms with Crippen LogP contribution in [-0.4, -0.2) is 23.0 Å². The highest BCUT2D eigenvalue weighted by atomic mass is 16.6. The Morgan fingerprint density at radius 1 is 1.62 bits per heavy atom. The smallest absolute Gasteiger partial charge is 0.311 e. The Morgan fingerprint density at radius 3 is 2.88 bits per heavy atom. The van der Waals surface area contributed by atoms with E-state index in [-0.39, 0.29) is 11.5 Å². The standard InChI is InChI=1S/C10H14N4O2/c1-7-4-5-13(6-7)9-3-2-8(14(15)16)10(11)12-9/h2-3,7H,4-6H2,1H3,(H2,11,12). The zero-order valence-electron chi connectivity index (χ0n) is 9.09. The van der Waals surface area contributed by atoms with Crippen LogP contribution in [0.25, 0.3) is 0 Å². The van der Waals surface area contributed by atoms with Crippen LogP contribution in [0, 0.1) is 16.0 Å². The van der Waals surface area contributed by atoms with Crippen LogP contribution < -0.4 is 10.6 Å². The van der Waals surface area contributed by atoms with E-state index in [1.54, 1.807) is 6.07 Å². The lowest BCUT2D eigenvalue weighted by molar-refractivity contribution is -0.384. The molecule has 1 unspecified atom stereocenters. The Hall–Kier alpha value is -1.85. The predicted octanol–water partition coefficient (Wildman–Crippen LogP) is 1.42. The fourth-order valence-corrected chi connectivity index (χ4v) is 1.93. The first kappa shape index (κ1) is 10.7. The van der Waals surface area contributed by atoms with E-state index in [2.05, 4.69) is 16.8 Å². The van der Waals surface area contributed by atoms with Crippen LogP contribution in [0.4, 0.5) is 17.3 Å². The second-order valence-electron chi connectivity index (χ2n) is 4.17. The van der Waals surface area contributed by atoms with Crippen LogP contribution in [0.2, 0.25) is 0 Å². The summed E-state index contributed by atoms with van der Waals surface area (Å²) in [5, 5.41) is 10.6. The van der Waals surface area contributed by atoms with Crippen LogP contribution in [0.3, 0.4) is 0 Å². The lowest BCUT2D eigenvalue weighted by atomic mass is 10.2. The van der Waals surface area contributed by atoms with Crippen molar-refractivity contribution in [1.82, 2.24) is 4.98 Å². The largest absolute Gasteiger partial charge is 0.378 e. The summed E-state index contributed by atoms with van der Waals surface area (Å²) in [6.07, 6.45) is 1.12. The number of anilines is 2. The number of rotatable bonds is 2. The van der Waals surface area contributed by atoms with E-state index in [0.29, 0.717) is 5.92 Å². The summed E-state index contributed by atoms with van der Waals surface area (Å²) in [7, 11) is 0. The third-order valence-electron chi connectivity index (χ3n) is 2.83. The number of aromatic nitrogens is 1. The normalized spacial score (nSPS) is 20.1. The van der Waals surface area contributed by atoms with E-state index >= 15 is 0 Å². The number of hydrogen-bond acceptors (Lipinski definition) is 5. The van der Waals surface area contributed by atoms with Crippen molar-refractivity contribution in [2.75, 3.05) is 23.7 Å². The maximum absolute atomic E-state index is 10.6. The van der Waals surface area contributed by atoms with Gasteiger partial charge in [-0.15, -0.1) is 0 Å². The van der Waals surface area contributed by atoms with Gasteiger partial charge < -0.3 is 10.6 Å². The Balaban J connectivity index is 2.24. The summed E-state index contributed by atoms with van der Waals surface area (Å²) in [6.45, 7) is 4.05. The molecule has 0 bridgehead atoms. The molecule has 2 N–H and O–H groups in total. The summed E-state index contributed by atoms with van der Waals surface area (Å²) in [6, 6.07) is 3.08. The van der Waals surface area contributed by atoms with Gasteiger partial charge in [0.05, 0.1) is 4.92 Å². The van der Waals surface area contributed by atoms with Crippen molar-refractivity contribution < 1.29 is 4.92 Å². The molecule has 0 aliphatic carbocycles. The zero-order chi connectivity index (χ0) is 11.7. The molecule has 0 spiro atoms. The van der Waals surface area contributed by atoms with Crippen LogP contribution >= 0.6 is 0 Å². The molecule has 1 aliphatic heterocycles. The Bertz CT molecular complexity index is 421. The second kappa shape index (κ2) is 3.96. The maximum Gasteiger partial charge on any atom is 0.311 e. The van der Waals surface area contributed by atoms with Gasteiger partial charge in [0.2, 0.25) is 5.82 Å². The molecule has 0 radical (unpaired) electrons. The number of pyridine rings is 1. The molecule has 1 aromatic heterocycles. The molecular formula is C10H14N4O2. The summed E-state index contributed by atoms with van der Waals surface area (Å²) in [4.78, 5) is 16.2. The van der Waals surface area contributed by atoms with E-state index in [0.717, 1.165) is 25.3 Å². The van der Waals surface area contributed by atoms with Gasteiger partial charge in [0, 0.05) is 19.2 Å². The number of nitrogens with zero attached hydrogens (tertiary/aromatic N) is 3. The summed E-state index contributed by atoms with van der Waals surface area (Å²) in [5.41, 5.74) is 5.42. The number of nitro groups is 1. The minimum atomic E-state index is -0.515. The molecule has 6 nitrogen and oxygen atoms in total. The molecule has 1 fully saturated rings. The van der Waals surface area contributed by atoms with Gasteiger partial charge in [0.25, 0.3) is 0 Å². The average molecular weight is 222 g/mol. The highest BCUT2D eigenvalue weighted by molar-refractivity contribution is 5.58. The third kappa shape index (κ3) is 1.91. The van der Waals surface area contributed by atoms with Gasteiger partial charge in [-0.1, -0.05) is 6.92 Å². The molecule has 6 heteroatoms. The molecule has 1 aromatic rings. The molecule has 0 aromatic carbocycles. The number of nitrogens with two attached hydrogens (primary N) is 1. The lowest BCUT2D eigenvalue weighted by Crippen LogP contribution is -2.20. The van der Waals surface area contributed by atoms with E-state index in [1.165, 1.54) is 6.07 Å². The first-order valence-electron chi connectivity index (χ1n) is 5.24. The Morgan fingerprint density at radius 2 is 2.38 bits per heavy atom. The average Bonchev–Trinajstić information content (AvgIpc) is 2.64. The molecule has 2 heterocycles. The molecule has 0 saturated carbocycles. The van der Waals surface area contributed by atoms with Crippen molar-refractivity contribution in [2.24, 2.45) is 5.92 Å². The van der Waals surface area contributed by atoms with Gasteiger partial charge in [-0.3, -0.25) is 10.1 Å². The van der Waals surface area contributed by atoms with Gasteiger partial charge in [-0.2, -0.15) is 0 Å². The molecule has 86 valence electrons. The van der Waals surface area contributed by atoms with E-state index in [1.807, 2.05) is 0 Å². The van der Waals surface area contributed by atoms with E-state index in [4.69, 9.17) is 5.73 Å². The summed E-state index contributed by atoms with van der Waals surface area (Å²) < 4.78 is 0. The Kier molecular flexibility index (Phi) is 2.64. The van der Waals surface area contributed by atoms with Gasteiger partial charge in [0.1, 0.15) is 5.82 Å². The Labute approximate surface area is 93.2 Å². The van der Waals surface area contributed by atoms with Gasteiger partial charge in [0.15, 0.2) is 0 Å². The first-order chi connectivity index (χ1) is 7.58. The third-order valence-corrected chi connectivity index (χ3v) is 2.83. The van der Waals surface area contributed by atoms with Crippen molar-refractivity contribution in [3.63, 3.8) is 0 Å². The molecule has 1 atom stereocenters. The zero-order valence-corrected chi connectivity index (χ0v) is 9.09. The van der Waals surface area contributed by atoms with Crippen molar-refractivity contribution in [1.29, 1.82) is 0 Å². The fourth-order valence-electron chi connectivity index (χ4n) is 1.93. The maximum atomic E-state index is 10.6. The van der Waals surface area contributed by atoms with Crippen molar-refractivity contribution >= 4 is 17.3 Å². The fraction of sp³-hybridized carbons (Fsp3) is 0.500. The van der Waals surface area contributed by atoms with Crippen LogP contribution in [-0.2, 0) is 0 Å². The predicted molar refractivity (Wildman–Crippen MR) is 61.3 cm³/mol. The van der Waals surface area contributed by atoms with Gasteiger partial charge in [-0.25, -0.2) is 4.98 Å². The van der Waals surface area contributed by atoms with Crippen molar-refractivity contribution in [3.05, 3.63) is 22.2 Å². The molecule has 1 aliphatic rings. The van der Waals surface area contributed by atoms with Crippen LogP contribution in [0.1, 0.15) is 13.3 Å². The minimum absolute atomic E-state index is 0.0120. The SMILES string of the molecule is CC1CCN(c2ccc([N+](=O)[O-])c(N)n2)C1. The summed E-state index contributed by atoms with van der Waals surface area (Å²) >= 11 is 0. The van der Waals surface area contributed by atoms with Crippen LogP contribution in [0.5, 0.6) is 0 Å².